The third kappa shape index (κ3) is 6.84. The van der Waals surface area contributed by atoms with Gasteiger partial charge in [0.05, 0.1) is 7.11 Å². The summed E-state index contributed by atoms with van der Waals surface area (Å²) in [5.74, 6) is -2.13. The number of halogens is 1. The minimum absolute atomic E-state index is 0. The SMILES string of the molecule is COC(=O)C=CC(=O)OCOC(=O)c1cccc[n+]1C.[I-]. The first-order valence-corrected chi connectivity index (χ1v) is 5.59. The standard InChI is InChI=1S/C13H14NO6.HI/c1-14-8-4-3-5-10(14)13(17)20-9-19-12(16)7-6-11(15)18-2;/h3-8H,9H2,1-2H3;1H/q+1;/p-1. The van der Waals surface area contributed by atoms with Crippen LogP contribution in [0, 0.1) is 0 Å². The van der Waals surface area contributed by atoms with E-state index < -0.39 is 24.7 Å². The highest BCUT2D eigenvalue weighted by atomic mass is 127. The number of methoxy groups -OCH3 is 1. The lowest BCUT2D eigenvalue weighted by Crippen LogP contribution is -3.00. The fraction of sp³-hybridized carbons (Fsp3) is 0.231. The number of pyridine rings is 1. The summed E-state index contributed by atoms with van der Waals surface area (Å²) in [6.07, 6.45) is 3.46. The van der Waals surface area contributed by atoms with Crippen molar-refractivity contribution in [2.45, 2.75) is 0 Å². The zero-order valence-corrected chi connectivity index (χ0v) is 13.6. The first-order chi connectivity index (χ1) is 9.54. The molecular weight excluding hydrogens is 393 g/mol. The Labute approximate surface area is 138 Å². The van der Waals surface area contributed by atoms with Gasteiger partial charge < -0.3 is 38.2 Å². The Morgan fingerprint density at radius 2 is 1.81 bits per heavy atom. The zero-order valence-electron chi connectivity index (χ0n) is 11.4. The van der Waals surface area contributed by atoms with E-state index in [0.717, 1.165) is 12.2 Å². The van der Waals surface area contributed by atoms with E-state index >= 15 is 0 Å². The molecule has 0 aliphatic carbocycles. The van der Waals surface area contributed by atoms with Crippen LogP contribution in [0.2, 0.25) is 0 Å². The van der Waals surface area contributed by atoms with E-state index in [4.69, 9.17) is 4.74 Å². The number of esters is 3. The normalized spacial score (nSPS) is 9.62. The number of aryl methyl sites for hydroxylation is 1. The minimum Gasteiger partial charge on any atom is -1.00 e. The summed E-state index contributed by atoms with van der Waals surface area (Å²) in [7, 11) is 2.86. The Balaban J connectivity index is 0.00000400. The molecule has 1 heterocycles. The number of rotatable bonds is 5. The van der Waals surface area contributed by atoms with Crippen molar-refractivity contribution in [3.63, 3.8) is 0 Å². The van der Waals surface area contributed by atoms with Crippen LogP contribution < -0.4 is 28.5 Å². The quantitative estimate of drug-likeness (QED) is 0.169. The molecule has 0 fully saturated rings. The zero-order chi connectivity index (χ0) is 15.0. The lowest BCUT2D eigenvalue weighted by atomic mass is 10.3. The van der Waals surface area contributed by atoms with Crippen molar-refractivity contribution in [2.24, 2.45) is 7.05 Å². The summed E-state index contributed by atoms with van der Waals surface area (Å²) in [6.45, 7) is -0.544. The van der Waals surface area contributed by atoms with Gasteiger partial charge in [0.25, 0.3) is 5.69 Å². The van der Waals surface area contributed by atoms with Crippen LogP contribution in [-0.4, -0.2) is 31.8 Å². The lowest BCUT2D eigenvalue weighted by Gasteiger charge is -2.03. The Kier molecular flexibility index (Phi) is 8.93. The third-order valence-corrected chi connectivity index (χ3v) is 2.21. The molecule has 1 aromatic heterocycles. The van der Waals surface area contributed by atoms with E-state index in [-0.39, 0.29) is 24.0 Å². The summed E-state index contributed by atoms with van der Waals surface area (Å²) in [5, 5.41) is 0. The average molecular weight is 407 g/mol. The molecule has 0 N–H and O–H groups in total. The Morgan fingerprint density at radius 1 is 1.14 bits per heavy atom. The van der Waals surface area contributed by atoms with Crippen LogP contribution in [0.15, 0.2) is 36.5 Å². The molecule has 0 saturated heterocycles. The van der Waals surface area contributed by atoms with Crippen LogP contribution in [0.4, 0.5) is 0 Å². The van der Waals surface area contributed by atoms with E-state index in [1.165, 1.54) is 7.11 Å². The fourth-order valence-corrected chi connectivity index (χ4v) is 1.20. The molecule has 0 aliphatic rings. The van der Waals surface area contributed by atoms with Gasteiger partial charge >= 0.3 is 17.9 Å². The highest BCUT2D eigenvalue weighted by Crippen LogP contribution is 1.95. The van der Waals surface area contributed by atoms with Crippen LogP contribution >= 0.6 is 0 Å². The van der Waals surface area contributed by atoms with Gasteiger partial charge in [0.1, 0.15) is 7.05 Å². The van der Waals surface area contributed by atoms with E-state index in [1.807, 2.05) is 0 Å². The van der Waals surface area contributed by atoms with E-state index in [9.17, 15) is 14.4 Å². The molecule has 21 heavy (non-hydrogen) atoms. The van der Waals surface area contributed by atoms with Crippen LogP contribution in [0.3, 0.4) is 0 Å². The van der Waals surface area contributed by atoms with Gasteiger partial charge in [-0.2, -0.15) is 4.57 Å². The topological polar surface area (TPSA) is 82.8 Å². The highest BCUT2D eigenvalue weighted by molar-refractivity contribution is 5.91. The molecule has 0 atom stereocenters. The molecule has 1 rings (SSSR count). The number of hydrogen-bond donors (Lipinski definition) is 0. The van der Waals surface area contributed by atoms with E-state index in [2.05, 4.69) is 9.47 Å². The average Bonchev–Trinajstić information content (AvgIpc) is 2.45. The largest absolute Gasteiger partial charge is 1.00 e. The number of carbonyl (C=O) groups excluding carboxylic acids is 3. The van der Waals surface area contributed by atoms with Gasteiger partial charge in [-0.15, -0.1) is 0 Å². The summed E-state index contributed by atoms with van der Waals surface area (Å²) in [6, 6.07) is 5.01. The van der Waals surface area contributed by atoms with Gasteiger partial charge in [0.15, 0.2) is 6.20 Å². The summed E-state index contributed by atoms with van der Waals surface area (Å²) < 4.78 is 15.2. The number of aromatic nitrogens is 1. The Morgan fingerprint density at radius 3 is 2.43 bits per heavy atom. The smallest absolute Gasteiger partial charge is 0.406 e. The first-order valence-electron chi connectivity index (χ1n) is 5.59. The van der Waals surface area contributed by atoms with Crippen molar-refractivity contribution in [1.29, 1.82) is 0 Å². The molecule has 0 spiro atoms. The molecule has 1 aromatic rings. The van der Waals surface area contributed by atoms with Gasteiger partial charge in [-0.3, -0.25) is 0 Å². The molecule has 0 amide bonds. The molecule has 0 saturated carbocycles. The van der Waals surface area contributed by atoms with Crippen LogP contribution in [-0.2, 0) is 30.8 Å². The van der Waals surface area contributed by atoms with Crippen LogP contribution in [0.1, 0.15) is 10.5 Å². The summed E-state index contributed by atoms with van der Waals surface area (Å²) in [5.41, 5.74) is 0.314. The predicted octanol–water partition coefficient (Wildman–Crippen LogP) is -3.10. The molecule has 0 unspecified atom stereocenters. The second-order valence-electron chi connectivity index (χ2n) is 3.57. The van der Waals surface area contributed by atoms with Crippen molar-refractivity contribution < 1.29 is 57.1 Å². The number of carbonyl (C=O) groups is 3. The van der Waals surface area contributed by atoms with E-state index in [0.29, 0.717) is 5.69 Å². The van der Waals surface area contributed by atoms with Gasteiger partial charge in [0.2, 0.25) is 6.79 Å². The third-order valence-electron chi connectivity index (χ3n) is 2.21. The van der Waals surface area contributed by atoms with Gasteiger partial charge in [-0.05, 0) is 6.07 Å². The van der Waals surface area contributed by atoms with E-state index in [1.54, 1.807) is 36.0 Å². The van der Waals surface area contributed by atoms with Crippen molar-refractivity contribution in [2.75, 3.05) is 13.9 Å². The summed E-state index contributed by atoms with van der Waals surface area (Å²) >= 11 is 0. The Hall–Kier alpha value is -1.97. The molecule has 8 heteroatoms. The molecular formula is C13H14INO6. The minimum atomic E-state index is -0.819. The molecule has 0 radical (unpaired) electrons. The van der Waals surface area contributed by atoms with Crippen molar-refractivity contribution in [3.8, 4) is 0 Å². The lowest BCUT2D eigenvalue weighted by molar-refractivity contribution is -0.674. The van der Waals surface area contributed by atoms with Gasteiger partial charge in [-0.1, -0.05) is 0 Å². The number of nitrogens with zero attached hydrogens (tertiary/aromatic N) is 1. The Bertz CT molecular complexity index is 543. The second kappa shape index (κ2) is 9.86. The molecule has 0 aromatic carbocycles. The molecule has 0 bridgehead atoms. The molecule has 7 nitrogen and oxygen atoms in total. The maximum absolute atomic E-state index is 11.6. The molecule has 114 valence electrons. The second-order valence-corrected chi connectivity index (χ2v) is 3.57. The van der Waals surface area contributed by atoms with Crippen LogP contribution in [0.25, 0.3) is 0 Å². The fourth-order valence-electron chi connectivity index (χ4n) is 1.20. The highest BCUT2D eigenvalue weighted by Gasteiger charge is 2.17. The van der Waals surface area contributed by atoms with Crippen molar-refractivity contribution in [3.05, 3.63) is 42.2 Å². The number of ether oxygens (including phenoxy) is 3. The maximum Gasteiger partial charge on any atom is 0.406 e. The number of hydrogen-bond acceptors (Lipinski definition) is 6. The summed E-state index contributed by atoms with van der Waals surface area (Å²) in [4.78, 5) is 33.5. The van der Waals surface area contributed by atoms with Gasteiger partial charge in [0, 0.05) is 24.3 Å². The monoisotopic (exact) mass is 407 g/mol. The van der Waals surface area contributed by atoms with Crippen molar-refractivity contribution >= 4 is 17.9 Å². The van der Waals surface area contributed by atoms with Crippen LogP contribution in [0.5, 0.6) is 0 Å². The predicted molar refractivity (Wildman–Crippen MR) is 65.1 cm³/mol. The van der Waals surface area contributed by atoms with Crippen molar-refractivity contribution in [1.82, 2.24) is 0 Å². The maximum atomic E-state index is 11.6. The first kappa shape index (κ1) is 19.0. The molecule has 0 aliphatic heterocycles. The van der Waals surface area contributed by atoms with Gasteiger partial charge in [-0.25, -0.2) is 14.4 Å².